The standard InChI is InChI=1S/C17H25NO/c1-13(2)12-17(9-5-6-10-17)16(19)14(3)15-8-4-7-11-18-15/h4,7-8,11,13-14H,5-6,9-10,12H2,1-3H3. The molecule has 0 spiro atoms. The van der Waals surface area contributed by atoms with E-state index in [1.165, 1.54) is 12.8 Å². The SMILES string of the molecule is CC(C)CC1(C(=O)C(C)c2ccccn2)CCCC1. The molecular formula is C17H25NO. The van der Waals surface area contributed by atoms with Crippen molar-refractivity contribution in [1.29, 1.82) is 0 Å². The Kier molecular flexibility index (Phi) is 4.38. The molecule has 2 heteroatoms. The molecule has 19 heavy (non-hydrogen) atoms. The monoisotopic (exact) mass is 259 g/mol. The fourth-order valence-electron chi connectivity index (χ4n) is 3.61. The summed E-state index contributed by atoms with van der Waals surface area (Å²) in [6.07, 6.45) is 7.36. The van der Waals surface area contributed by atoms with E-state index in [1.54, 1.807) is 6.20 Å². The Balaban J connectivity index is 2.20. The number of carbonyl (C=O) groups is 1. The molecule has 1 saturated carbocycles. The second-order valence-corrected chi connectivity index (χ2v) is 6.43. The molecule has 0 saturated heterocycles. The molecule has 0 amide bonds. The molecule has 2 rings (SSSR count). The molecule has 1 aromatic rings. The van der Waals surface area contributed by atoms with Gasteiger partial charge in [0.05, 0.1) is 11.6 Å². The predicted molar refractivity (Wildman–Crippen MR) is 78.0 cm³/mol. The van der Waals surface area contributed by atoms with Crippen LogP contribution < -0.4 is 0 Å². The fourth-order valence-corrected chi connectivity index (χ4v) is 3.61. The van der Waals surface area contributed by atoms with Gasteiger partial charge in [-0.05, 0) is 44.2 Å². The highest BCUT2D eigenvalue weighted by Crippen LogP contribution is 2.46. The average molecular weight is 259 g/mol. The van der Waals surface area contributed by atoms with Crippen LogP contribution in [0.15, 0.2) is 24.4 Å². The lowest BCUT2D eigenvalue weighted by atomic mass is 9.71. The molecule has 1 fully saturated rings. The van der Waals surface area contributed by atoms with Gasteiger partial charge in [0.2, 0.25) is 0 Å². The number of hydrogen-bond acceptors (Lipinski definition) is 2. The van der Waals surface area contributed by atoms with Gasteiger partial charge in [-0.25, -0.2) is 0 Å². The number of Topliss-reactive ketones (excluding diaryl/α,β-unsaturated/α-hetero) is 1. The molecule has 0 radical (unpaired) electrons. The second-order valence-electron chi connectivity index (χ2n) is 6.43. The number of nitrogens with zero attached hydrogens (tertiary/aromatic N) is 1. The molecule has 1 unspecified atom stereocenters. The van der Waals surface area contributed by atoms with Crippen molar-refractivity contribution >= 4 is 5.78 Å². The Morgan fingerprint density at radius 3 is 2.47 bits per heavy atom. The van der Waals surface area contributed by atoms with Gasteiger partial charge < -0.3 is 0 Å². The minimum absolute atomic E-state index is 0.0713. The van der Waals surface area contributed by atoms with Crippen molar-refractivity contribution < 1.29 is 4.79 Å². The van der Waals surface area contributed by atoms with E-state index in [-0.39, 0.29) is 11.3 Å². The van der Waals surface area contributed by atoms with E-state index in [1.807, 2.05) is 25.1 Å². The number of pyridine rings is 1. The maximum Gasteiger partial charge on any atom is 0.147 e. The molecule has 0 N–H and O–H groups in total. The van der Waals surface area contributed by atoms with Gasteiger partial charge in [-0.3, -0.25) is 9.78 Å². The summed E-state index contributed by atoms with van der Waals surface area (Å²) < 4.78 is 0. The number of hydrogen-bond donors (Lipinski definition) is 0. The lowest BCUT2D eigenvalue weighted by Gasteiger charge is -2.31. The predicted octanol–water partition coefficient (Wildman–Crippen LogP) is 4.36. The topological polar surface area (TPSA) is 30.0 Å². The zero-order valence-electron chi connectivity index (χ0n) is 12.4. The van der Waals surface area contributed by atoms with Crippen LogP contribution in [0, 0.1) is 11.3 Å². The average Bonchev–Trinajstić information content (AvgIpc) is 2.87. The minimum Gasteiger partial charge on any atom is -0.298 e. The quantitative estimate of drug-likeness (QED) is 0.786. The van der Waals surface area contributed by atoms with Crippen LogP contribution in [-0.4, -0.2) is 10.8 Å². The van der Waals surface area contributed by atoms with E-state index in [0.717, 1.165) is 25.0 Å². The Hall–Kier alpha value is -1.18. The number of carbonyl (C=O) groups excluding carboxylic acids is 1. The largest absolute Gasteiger partial charge is 0.298 e. The first-order chi connectivity index (χ1) is 9.05. The third kappa shape index (κ3) is 3.05. The van der Waals surface area contributed by atoms with Crippen LogP contribution in [0.25, 0.3) is 0 Å². The zero-order chi connectivity index (χ0) is 13.9. The lowest BCUT2D eigenvalue weighted by Crippen LogP contribution is -2.33. The summed E-state index contributed by atoms with van der Waals surface area (Å²) in [5.74, 6) is 0.924. The summed E-state index contributed by atoms with van der Waals surface area (Å²) in [5.41, 5.74) is 0.841. The van der Waals surface area contributed by atoms with E-state index >= 15 is 0 Å². The first-order valence-corrected chi connectivity index (χ1v) is 7.50. The zero-order valence-corrected chi connectivity index (χ0v) is 12.4. The highest BCUT2D eigenvalue weighted by Gasteiger charge is 2.43. The number of ketones is 1. The maximum absolute atomic E-state index is 13.0. The van der Waals surface area contributed by atoms with Crippen LogP contribution in [-0.2, 0) is 4.79 Å². The second kappa shape index (κ2) is 5.85. The molecular weight excluding hydrogens is 234 g/mol. The summed E-state index contributed by atoms with van der Waals surface area (Å²) in [7, 11) is 0. The van der Waals surface area contributed by atoms with Crippen molar-refractivity contribution in [3.63, 3.8) is 0 Å². The molecule has 0 bridgehead atoms. The van der Waals surface area contributed by atoms with Crippen molar-refractivity contribution in [2.75, 3.05) is 0 Å². The summed E-state index contributed by atoms with van der Waals surface area (Å²) in [6.45, 7) is 6.46. The lowest BCUT2D eigenvalue weighted by molar-refractivity contribution is -0.130. The van der Waals surface area contributed by atoms with Crippen molar-refractivity contribution in [2.24, 2.45) is 11.3 Å². The van der Waals surface area contributed by atoms with Crippen molar-refractivity contribution in [3.8, 4) is 0 Å². The first kappa shape index (κ1) is 14.2. The Morgan fingerprint density at radius 1 is 1.26 bits per heavy atom. The van der Waals surface area contributed by atoms with Crippen LogP contribution in [0.2, 0.25) is 0 Å². The van der Waals surface area contributed by atoms with Gasteiger partial charge in [-0.1, -0.05) is 32.8 Å². The molecule has 0 aliphatic heterocycles. The number of rotatable bonds is 5. The fraction of sp³-hybridized carbons (Fsp3) is 0.647. The van der Waals surface area contributed by atoms with E-state index < -0.39 is 0 Å². The van der Waals surface area contributed by atoms with Crippen LogP contribution in [0.3, 0.4) is 0 Å². The maximum atomic E-state index is 13.0. The summed E-state index contributed by atoms with van der Waals surface area (Å²) >= 11 is 0. The van der Waals surface area contributed by atoms with E-state index in [0.29, 0.717) is 11.7 Å². The van der Waals surface area contributed by atoms with Crippen LogP contribution in [0.5, 0.6) is 0 Å². The molecule has 1 heterocycles. The molecule has 1 atom stereocenters. The molecule has 1 aromatic heterocycles. The Morgan fingerprint density at radius 2 is 1.95 bits per heavy atom. The van der Waals surface area contributed by atoms with Crippen molar-refractivity contribution in [3.05, 3.63) is 30.1 Å². The summed E-state index contributed by atoms with van der Waals surface area (Å²) in [6, 6.07) is 5.84. The van der Waals surface area contributed by atoms with Gasteiger partial charge in [0.25, 0.3) is 0 Å². The smallest absolute Gasteiger partial charge is 0.147 e. The van der Waals surface area contributed by atoms with Crippen molar-refractivity contribution in [1.82, 2.24) is 4.98 Å². The van der Waals surface area contributed by atoms with Crippen LogP contribution in [0.4, 0.5) is 0 Å². The number of aromatic nitrogens is 1. The van der Waals surface area contributed by atoms with E-state index in [2.05, 4.69) is 18.8 Å². The van der Waals surface area contributed by atoms with Gasteiger partial charge in [0.15, 0.2) is 0 Å². The van der Waals surface area contributed by atoms with E-state index in [9.17, 15) is 4.79 Å². The Labute approximate surface area is 116 Å². The van der Waals surface area contributed by atoms with Gasteiger partial charge in [-0.2, -0.15) is 0 Å². The first-order valence-electron chi connectivity index (χ1n) is 7.50. The van der Waals surface area contributed by atoms with Crippen LogP contribution in [0.1, 0.15) is 64.5 Å². The normalized spacial score (nSPS) is 19.6. The van der Waals surface area contributed by atoms with Gasteiger partial charge in [0.1, 0.15) is 5.78 Å². The third-order valence-corrected chi connectivity index (χ3v) is 4.41. The highest BCUT2D eigenvalue weighted by molar-refractivity contribution is 5.90. The van der Waals surface area contributed by atoms with Crippen molar-refractivity contribution in [2.45, 2.75) is 58.8 Å². The van der Waals surface area contributed by atoms with Gasteiger partial charge in [0, 0.05) is 11.6 Å². The molecule has 104 valence electrons. The van der Waals surface area contributed by atoms with E-state index in [4.69, 9.17) is 0 Å². The van der Waals surface area contributed by atoms with Gasteiger partial charge in [-0.15, -0.1) is 0 Å². The van der Waals surface area contributed by atoms with Crippen LogP contribution >= 0.6 is 0 Å². The molecule has 0 aromatic carbocycles. The molecule has 1 aliphatic carbocycles. The Bertz CT molecular complexity index is 418. The molecule has 2 nitrogen and oxygen atoms in total. The summed E-state index contributed by atoms with van der Waals surface area (Å²) in [4.78, 5) is 17.3. The minimum atomic E-state index is -0.0783. The van der Waals surface area contributed by atoms with Gasteiger partial charge >= 0.3 is 0 Å². The highest BCUT2D eigenvalue weighted by atomic mass is 16.1. The third-order valence-electron chi connectivity index (χ3n) is 4.41. The molecule has 1 aliphatic rings. The summed E-state index contributed by atoms with van der Waals surface area (Å²) in [5, 5.41) is 0.